The highest BCUT2D eigenvalue weighted by Gasteiger charge is 2.12. The van der Waals surface area contributed by atoms with Crippen LogP contribution in [-0.2, 0) is 0 Å². The van der Waals surface area contributed by atoms with Gasteiger partial charge in [-0.1, -0.05) is 23.3 Å². The summed E-state index contributed by atoms with van der Waals surface area (Å²) in [5, 5.41) is 10.3. The summed E-state index contributed by atoms with van der Waals surface area (Å²) in [7, 11) is 1.57. The van der Waals surface area contributed by atoms with Gasteiger partial charge in [0.2, 0.25) is 5.89 Å². The third-order valence-electron chi connectivity index (χ3n) is 3.02. The topological polar surface area (TPSA) is 77.2 Å². The van der Waals surface area contributed by atoms with Gasteiger partial charge in [-0.2, -0.15) is 0 Å². The number of aromatic nitrogens is 2. The Balaban J connectivity index is 1.73. The molecule has 110 valence electrons. The van der Waals surface area contributed by atoms with Gasteiger partial charge in [-0.15, -0.1) is 5.10 Å². The van der Waals surface area contributed by atoms with Gasteiger partial charge in [0, 0.05) is 11.1 Å². The lowest BCUT2D eigenvalue weighted by Gasteiger charge is -2.02. The van der Waals surface area contributed by atoms with Crippen LogP contribution in [0.4, 0.5) is 6.01 Å². The normalized spacial score (nSPS) is 10.2. The number of nitrogens with zero attached hydrogens (tertiary/aromatic N) is 2. The smallest absolute Gasteiger partial charge is 0.322 e. The first-order valence-electron chi connectivity index (χ1n) is 6.60. The minimum atomic E-state index is -0.328. The van der Waals surface area contributed by atoms with E-state index in [0.717, 1.165) is 5.56 Å². The highest BCUT2D eigenvalue weighted by Crippen LogP contribution is 2.19. The summed E-state index contributed by atoms with van der Waals surface area (Å²) in [5.74, 6) is 0.706. The highest BCUT2D eigenvalue weighted by molar-refractivity contribution is 6.03. The van der Waals surface area contributed by atoms with Crippen molar-refractivity contribution in [2.45, 2.75) is 0 Å². The van der Waals surface area contributed by atoms with Crippen LogP contribution in [0.3, 0.4) is 0 Å². The second-order valence-corrected chi connectivity index (χ2v) is 4.46. The SMILES string of the molecule is COc1ccc(C(=O)Nc2nnc(-c3ccccc3)o2)cc1. The largest absolute Gasteiger partial charge is 0.497 e. The van der Waals surface area contributed by atoms with Crippen molar-refractivity contribution < 1.29 is 13.9 Å². The molecule has 0 saturated heterocycles. The molecule has 0 unspecified atom stereocenters. The number of anilines is 1. The van der Waals surface area contributed by atoms with E-state index >= 15 is 0 Å². The predicted octanol–water partition coefficient (Wildman–Crippen LogP) is 3.00. The zero-order chi connectivity index (χ0) is 15.4. The Hall–Kier alpha value is -3.15. The van der Waals surface area contributed by atoms with Crippen molar-refractivity contribution in [2.75, 3.05) is 12.4 Å². The van der Waals surface area contributed by atoms with Crippen molar-refractivity contribution in [3.8, 4) is 17.2 Å². The van der Waals surface area contributed by atoms with Crippen molar-refractivity contribution in [2.24, 2.45) is 0 Å². The maximum Gasteiger partial charge on any atom is 0.322 e. The molecule has 0 aliphatic carbocycles. The molecule has 0 radical (unpaired) electrons. The average molecular weight is 295 g/mol. The van der Waals surface area contributed by atoms with Crippen molar-refractivity contribution in [1.82, 2.24) is 10.2 Å². The van der Waals surface area contributed by atoms with Crippen LogP contribution in [0.25, 0.3) is 11.5 Å². The fourth-order valence-corrected chi connectivity index (χ4v) is 1.88. The first kappa shape index (κ1) is 13.8. The number of nitrogens with one attached hydrogen (secondary N) is 1. The Bertz CT molecular complexity index is 767. The molecule has 0 bridgehead atoms. The van der Waals surface area contributed by atoms with E-state index in [4.69, 9.17) is 9.15 Å². The molecule has 22 heavy (non-hydrogen) atoms. The zero-order valence-corrected chi connectivity index (χ0v) is 11.8. The molecule has 0 fully saturated rings. The zero-order valence-electron chi connectivity index (χ0n) is 11.8. The van der Waals surface area contributed by atoms with Crippen molar-refractivity contribution in [3.63, 3.8) is 0 Å². The third-order valence-corrected chi connectivity index (χ3v) is 3.02. The van der Waals surface area contributed by atoms with Crippen LogP contribution in [0.2, 0.25) is 0 Å². The van der Waals surface area contributed by atoms with E-state index in [-0.39, 0.29) is 11.9 Å². The molecule has 3 aromatic rings. The van der Waals surface area contributed by atoms with Gasteiger partial charge in [-0.25, -0.2) is 0 Å². The molecule has 0 spiro atoms. The monoisotopic (exact) mass is 295 g/mol. The first-order valence-corrected chi connectivity index (χ1v) is 6.60. The van der Waals surface area contributed by atoms with E-state index in [1.54, 1.807) is 31.4 Å². The maximum absolute atomic E-state index is 12.1. The fraction of sp³-hybridized carbons (Fsp3) is 0.0625. The average Bonchev–Trinajstić information content (AvgIpc) is 3.04. The van der Waals surface area contributed by atoms with Gasteiger partial charge < -0.3 is 9.15 Å². The summed E-state index contributed by atoms with van der Waals surface area (Å²) in [4.78, 5) is 12.1. The summed E-state index contributed by atoms with van der Waals surface area (Å²) < 4.78 is 10.5. The molecule has 0 saturated carbocycles. The Morgan fingerprint density at radius 3 is 2.45 bits per heavy atom. The number of benzene rings is 2. The number of carbonyl (C=O) groups excluding carboxylic acids is 1. The molecule has 1 aromatic heterocycles. The third kappa shape index (κ3) is 2.95. The molecular weight excluding hydrogens is 282 g/mol. The summed E-state index contributed by atoms with van der Waals surface area (Å²) in [6, 6.07) is 16.1. The van der Waals surface area contributed by atoms with Crippen LogP contribution in [0, 0.1) is 0 Å². The number of carbonyl (C=O) groups is 1. The number of hydrogen-bond donors (Lipinski definition) is 1. The van der Waals surface area contributed by atoms with Gasteiger partial charge >= 0.3 is 6.01 Å². The number of rotatable bonds is 4. The van der Waals surface area contributed by atoms with Crippen LogP contribution in [0.5, 0.6) is 5.75 Å². The molecule has 6 heteroatoms. The molecule has 1 heterocycles. The minimum Gasteiger partial charge on any atom is -0.497 e. The minimum absolute atomic E-state index is 0.0553. The fourth-order valence-electron chi connectivity index (χ4n) is 1.88. The molecule has 6 nitrogen and oxygen atoms in total. The van der Waals surface area contributed by atoms with E-state index in [0.29, 0.717) is 17.2 Å². The van der Waals surface area contributed by atoms with Gasteiger partial charge in [-0.3, -0.25) is 10.1 Å². The molecule has 2 aromatic carbocycles. The lowest BCUT2D eigenvalue weighted by molar-refractivity contribution is 0.102. The number of hydrogen-bond acceptors (Lipinski definition) is 5. The Morgan fingerprint density at radius 2 is 1.77 bits per heavy atom. The lowest BCUT2D eigenvalue weighted by Crippen LogP contribution is -2.11. The summed E-state index contributed by atoms with van der Waals surface area (Å²) in [5.41, 5.74) is 1.26. The highest BCUT2D eigenvalue weighted by atomic mass is 16.5. The Labute approximate surface area is 126 Å². The van der Waals surface area contributed by atoms with E-state index in [1.807, 2.05) is 30.3 Å². The van der Waals surface area contributed by atoms with E-state index in [1.165, 1.54) is 0 Å². The number of methoxy groups -OCH3 is 1. The quantitative estimate of drug-likeness (QED) is 0.800. The first-order chi connectivity index (χ1) is 10.8. The molecule has 1 amide bonds. The number of amides is 1. The molecule has 0 aliphatic heterocycles. The van der Waals surface area contributed by atoms with Gasteiger partial charge in [-0.05, 0) is 36.4 Å². The predicted molar refractivity (Wildman–Crippen MR) is 80.7 cm³/mol. The van der Waals surface area contributed by atoms with Crippen molar-refractivity contribution >= 4 is 11.9 Å². The molecule has 3 rings (SSSR count). The second kappa shape index (κ2) is 6.09. The van der Waals surface area contributed by atoms with Crippen LogP contribution >= 0.6 is 0 Å². The van der Waals surface area contributed by atoms with E-state index in [2.05, 4.69) is 15.5 Å². The van der Waals surface area contributed by atoms with Crippen molar-refractivity contribution in [3.05, 3.63) is 60.2 Å². The molecule has 0 aliphatic rings. The van der Waals surface area contributed by atoms with Crippen LogP contribution < -0.4 is 10.1 Å². The van der Waals surface area contributed by atoms with Crippen molar-refractivity contribution in [1.29, 1.82) is 0 Å². The Kier molecular flexibility index (Phi) is 3.82. The molecular formula is C16H13N3O3. The molecule has 1 N–H and O–H groups in total. The summed E-state index contributed by atoms with van der Waals surface area (Å²) >= 11 is 0. The molecule has 0 atom stereocenters. The van der Waals surface area contributed by atoms with Gasteiger partial charge in [0.25, 0.3) is 5.91 Å². The van der Waals surface area contributed by atoms with Crippen LogP contribution in [-0.4, -0.2) is 23.2 Å². The lowest BCUT2D eigenvalue weighted by atomic mass is 10.2. The van der Waals surface area contributed by atoms with Crippen LogP contribution in [0.15, 0.2) is 59.0 Å². The summed E-state index contributed by atoms with van der Waals surface area (Å²) in [6.45, 7) is 0. The second-order valence-electron chi connectivity index (χ2n) is 4.46. The number of ether oxygens (including phenoxy) is 1. The summed E-state index contributed by atoms with van der Waals surface area (Å²) in [6.07, 6.45) is 0. The van der Waals surface area contributed by atoms with Crippen LogP contribution in [0.1, 0.15) is 10.4 Å². The van der Waals surface area contributed by atoms with Gasteiger partial charge in [0.1, 0.15) is 5.75 Å². The van der Waals surface area contributed by atoms with Gasteiger partial charge in [0.05, 0.1) is 7.11 Å². The van der Waals surface area contributed by atoms with Gasteiger partial charge in [0.15, 0.2) is 0 Å². The Morgan fingerprint density at radius 1 is 1.05 bits per heavy atom. The standard InChI is InChI=1S/C16H13N3O3/c1-21-13-9-7-11(8-10-13)14(20)17-16-19-18-15(22-16)12-5-3-2-4-6-12/h2-10H,1H3,(H,17,19,20). The van der Waals surface area contributed by atoms with E-state index in [9.17, 15) is 4.79 Å². The maximum atomic E-state index is 12.1. The van der Waals surface area contributed by atoms with E-state index < -0.39 is 0 Å².